The van der Waals surface area contributed by atoms with E-state index in [0.29, 0.717) is 12.5 Å². The molecular formula is C9H17N. The lowest BCUT2D eigenvalue weighted by Gasteiger charge is -2.11. The van der Waals surface area contributed by atoms with E-state index in [-0.39, 0.29) is 0 Å². The molecule has 1 nitrogen and oxygen atoms in total. The summed E-state index contributed by atoms with van der Waals surface area (Å²) in [5, 5.41) is 0. The predicted octanol–water partition coefficient (Wildman–Crippen LogP) is 2.10. The van der Waals surface area contributed by atoms with Gasteiger partial charge in [-0.15, -0.1) is 0 Å². The molecular weight excluding hydrogens is 122 g/mol. The normalized spacial score (nSPS) is 13.9. The van der Waals surface area contributed by atoms with Crippen molar-refractivity contribution in [3.05, 3.63) is 24.3 Å². The van der Waals surface area contributed by atoms with Crippen LogP contribution in [-0.4, -0.2) is 6.54 Å². The highest BCUT2D eigenvalue weighted by Crippen LogP contribution is 2.12. The Morgan fingerprint density at radius 1 is 1.70 bits per heavy atom. The first-order chi connectivity index (χ1) is 4.76. The maximum Gasteiger partial charge on any atom is -0.000856 e. The lowest BCUT2D eigenvalue weighted by Crippen LogP contribution is -2.14. The zero-order valence-electron chi connectivity index (χ0n) is 6.93. The molecule has 0 aromatic carbocycles. The van der Waals surface area contributed by atoms with Crippen molar-refractivity contribution in [3.63, 3.8) is 0 Å². The Bertz CT molecular complexity index is 121. The van der Waals surface area contributed by atoms with Crippen LogP contribution in [0.15, 0.2) is 24.3 Å². The highest BCUT2D eigenvalue weighted by Gasteiger charge is 2.03. The fraction of sp³-hybridized carbons (Fsp3) is 0.556. The van der Waals surface area contributed by atoms with Crippen molar-refractivity contribution in [2.45, 2.75) is 20.3 Å². The first-order valence-corrected chi connectivity index (χ1v) is 3.77. The van der Waals surface area contributed by atoms with Crippen LogP contribution >= 0.6 is 0 Å². The zero-order chi connectivity index (χ0) is 7.98. The van der Waals surface area contributed by atoms with Gasteiger partial charge < -0.3 is 5.73 Å². The Balaban J connectivity index is 3.89. The van der Waals surface area contributed by atoms with Crippen molar-refractivity contribution in [2.24, 2.45) is 11.7 Å². The van der Waals surface area contributed by atoms with Gasteiger partial charge in [0.25, 0.3) is 0 Å². The molecule has 0 spiro atoms. The Morgan fingerprint density at radius 3 is 2.60 bits per heavy atom. The van der Waals surface area contributed by atoms with Crippen LogP contribution in [0.1, 0.15) is 20.3 Å². The first-order valence-electron chi connectivity index (χ1n) is 3.77. The fourth-order valence-electron chi connectivity index (χ4n) is 0.930. The van der Waals surface area contributed by atoms with Crippen LogP contribution in [0.4, 0.5) is 0 Å². The molecule has 0 heterocycles. The Kier molecular flexibility index (Phi) is 4.95. The monoisotopic (exact) mass is 139 g/mol. The summed E-state index contributed by atoms with van der Waals surface area (Å²) in [7, 11) is 0. The summed E-state index contributed by atoms with van der Waals surface area (Å²) in [6.07, 6.45) is 5.11. The van der Waals surface area contributed by atoms with E-state index in [1.807, 2.05) is 19.1 Å². The van der Waals surface area contributed by atoms with E-state index in [1.54, 1.807) is 0 Å². The number of hydrogen-bond donors (Lipinski definition) is 1. The zero-order valence-corrected chi connectivity index (χ0v) is 6.93. The molecule has 58 valence electrons. The van der Waals surface area contributed by atoms with Gasteiger partial charge >= 0.3 is 0 Å². The largest absolute Gasteiger partial charge is 0.330 e. The standard InChI is InChI=1S/C9H17N/c1-4-6-8(3)9(5-2)7-10/h4,6,9H,3,5,7,10H2,1-2H3/b6-4-. The second-order valence-electron chi connectivity index (χ2n) is 2.42. The summed E-state index contributed by atoms with van der Waals surface area (Å²) < 4.78 is 0. The summed E-state index contributed by atoms with van der Waals surface area (Å²) in [6.45, 7) is 8.75. The van der Waals surface area contributed by atoms with Crippen LogP contribution in [0, 0.1) is 5.92 Å². The SMILES string of the molecule is C=C(/C=C\C)C(CC)CN. The van der Waals surface area contributed by atoms with Crippen LogP contribution in [0.2, 0.25) is 0 Å². The van der Waals surface area contributed by atoms with E-state index >= 15 is 0 Å². The van der Waals surface area contributed by atoms with Gasteiger partial charge in [0.05, 0.1) is 0 Å². The lowest BCUT2D eigenvalue weighted by molar-refractivity contribution is 0.617. The molecule has 0 radical (unpaired) electrons. The Morgan fingerprint density at radius 2 is 2.30 bits per heavy atom. The summed E-state index contributed by atoms with van der Waals surface area (Å²) in [6, 6.07) is 0. The molecule has 0 amide bonds. The summed E-state index contributed by atoms with van der Waals surface area (Å²) in [4.78, 5) is 0. The van der Waals surface area contributed by atoms with E-state index in [9.17, 15) is 0 Å². The number of rotatable bonds is 4. The van der Waals surface area contributed by atoms with Crippen molar-refractivity contribution >= 4 is 0 Å². The molecule has 0 saturated carbocycles. The van der Waals surface area contributed by atoms with Crippen LogP contribution in [-0.2, 0) is 0 Å². The molecule has 0 fully saturated rings. The Labute approximate surface area is 63.6 Å². The quantitative estimate of drug-likeness (QED) is 0.593. The number of hydrogen-bond acceptors (Lipinski definition) is 1. The van der Waals surface area contributed by atoms with Gasteiger partial charge in [-0.25, -0.2) is 0 Å². The highest BCUT2D eigenvalue weighted by atomic mass is 14.5. The highest BCUT2D eigenvalue weighted by molar-refractivity contribution is 5.17. The van der Waals surface area contributed by atoms with Gasteiger partial charge in [-0.3, -0.25) is 0 Å². The van der Waals surface area contributed by atoms with Crippen molar-refractivity contribution in [1.82, 2.24) is 0 Å². The van der Waals surface area contributed by atoms with Crippen molar-refractivity contribution < 1.29 is 0 Å². The molecule has 0 aliphatic rings. The molecule has 10 heavy (non-hydrogen) atoms. The van der Waals surface area contributed by atoms with Gasteiger partial charge in [0.15, 0.2) is 0 Å². The third-order valence-electron chi connectivity index (χ3n) is 1.68. The van der Waals surface area contributed by atoms with E-state index < -0.39 is 0 Å². The van der Waals surface area contributed by atoms with Crippen molar-refractivity contribution in [2.75, 3.05) is 6.54 Å². The third-order valence-corrected chi connectivity index (χ3v) is 1.68. The fourth-order valence-corrected chi connectivity index (χ4v) is 0.930. The molecule has 0 aliphatic carbocycles. The lowest BCUT2D eigenvalue weighted by atomic mass is 9.98. The average Bonchev–Trinajstić information content (AvgIpc) is 1.91. The molecule has 0 aromatic rings. The summed E-state index contributed by atoms with van der Waals surface area (Å²) >= 11 is 0. The molecule has 1 heteroatoms. The molecule has 0 rings (SSSR count). The third kappa shape index (κ3) is 2.83. The second-order valence-corrected chi connectivity index (χ2v) is 2.42. The minimum Gasteiger partial charge on any atom is -0.330 e. The van der Waals surface area contributed by atoms with Crippen LogP contribution in [0.5, 0.6) is 0 Å². The van der Waals surface area contributed by atoms with Gasteiger partial charge in [-0.1, -0.05) is 31.2 Å². The predicted molar refractivity (Wildman–Crippen MR) is 46.8 cm³/mol. The second kappa shape index (κ2) is 5.24. The van der Waals surface area contributed by atoms with E-state index in [1.165, 1.54) is 0 Å². The molecule has 0 bridgehead atoms. The van der Waals surface area contributed by atoms with Crippen molar-refractivity contribution in [1.29, 1.82) is 0 Å². The van der Waals surface area contributed by atoms with Gasteiger partial charge in [-0.2, -0.15) is 0 Å². The molecule has 0 aliphatic heterocycles. The minimum absolute atomic E-state index is 0.469. The summed E-state index contributed by atoms with van der Waals surface area (Å²) in [5.74, 6) is 0.469. The maximum absolute atomic E-state index is 5.52. The van der Waals surface area contributed by atoms with Gasteiger partial charge in [-0.05, 0) is 25.8 Å². The topological polar surface area (TPSA) is 26.0 Å². The molecule has 0 aromatic heterocycles. The van der Waals surface area contributed by atoms with Gasteiger partial charge in [0, 0.05) is 0 Å². The van der Waals surface area contributed by atoms with Crippen LogP contribution in [0.25, 0.3) is 0 Å². The minimum atomic E-state index is 0.469. The smallest absolute Gasteiger partial charge is 0.000856 e. The number of allylic oxidation sites excluding steroid dienone is 2. The molecule has 1 atom stereocenters. The van der Waals surface area contributed by atoms with E-state index in [2.05, 4.69) is 13.5 Å². The van der Waals surface area contributed by atoms with Crippen molar-refractivity contribution in [3.8, 4) is 0 Å². The molecule has 1 unspecified atom stereocenters. The van der Waals surface area contributed by atoms with Gasteiger partial charge in [0.2, 0.25) is 0 Å². The number of nitrogens with two attached hydrogens (primary N) is 1. The van der Waals surface area contributed by atoms with E-state index in [4.69, 9.17) is 5.73 Å². The first kappa shape index (κ1) is 9.44. The summed E-state index contributed by atoms with van der Waals surface area (Å²) in [5.41, 5.74) is 6.67. The van der Waals surface area contributed by atoms with E-state index in [0.717, 1.165) is 12.0 Å². The van der Waals surface area contributed by atoms with Gasteiger partial charge in [0.1, 0.15) is 0 Å². The Hall–Kier alpha value is -0.560. The maximum atomic E-state index is 5.52. The average molecular weight is 139 g/mol. The van der Waals surface area contributed by atoms with Crippen LogP contribution in [0.3, 0.4) is 0 Å². The van der Waals surface area contributed by atoms with Crippen LogP contribution < -0.4 is 5.73 Å². The molecule has 0 saturated heterocycles. The molecule has 2 N–H and O–H groups in total.